The minimum absolute atomic E-state index is 0.0995. The van der Waals surface area contributed by atoms with Crippen LogP contribution in [-0.4, -0.2) is 21.5 Å². The molecule has 4 nitrogen and oxygen atoms in total. The zero-order valence-electron chi connectivity index (χ0n) is 10.3. The van der Waals surface area contributed by atoms with E-state index in [1.54, 1.807) is 13.0 Å². The second-order valence-corrected chi connectivity index (χ2v) is 5.03. The van der Waals surface area contributed by atoms with Gasteiger partial charge in [0.15, 0.2) is 5.16 Å². The summed E-state index contributed by atoms with van der Waals surface area (Å²) in [5, 5.41) is 0.657. The minimum atomic E-state index is -0.0995. The van der Waals surface area contributed by atoms with Crippen LogP contribution >= 0.6 is 11.8 Å². The van der Waals surface area contributed by atoms with Crippen molar-refractivity contribution in [2.24, 2.45) is 0 Å². The fourth-order valence-corrected chi connectivity index (χ4v) is 2.26. The Morgan fingerprint density at radius 2 is 2.29 bits per heavy atom. The van der Waals surface area contributed by atoms with Crippen LogP contribution < -0.4 is 5.56 Å². The molecular formula is C12H18N2O2S. The third-order valence-corrected chi connectivity index (χ3v) is 3.15. The fourth-order valence-electron chi connectivity index (χ4n) is 1.43. The molecule has 0 radical (unpaired) electrons. The van der Waals surface area contributed by atoms with E-state index in [1.165, 1.54) is 11.8 Å². The quantitative estimate of drug-likeness (QED) is 0.460. The predicted molar refractivity (Wildman–Crippen MR) is 69.5 cm³/mol. The number of rotatable bonds is 7. The van der Waals surface area contributed by atoms with Crippen LogP contribution in [0.25, 0.3) is 0 Å². The molecule has 0 saturated carbocycles. The van der Waals surface area contributed by atoms with Gasteiger partial charge in [-0.1, -0.05) is 25.1 Å². The van der Waals surface area contributed by atoms with Crippen LogP contribution in [0.15, 0.2) is 16.0 Å². The van der Waals surface area contributed by atoms with E-state index in [9.17, 15) is 9.59 Å². The fraction of sp³-hybridized carbons (Fsp3) is 0.583. The number of ketones is 1. The third kappa shape index (κ3) is 5.68. The van der Waals surface area contributed by atoms with Gasteiger partial charge in [0.2, 0.25) is 0 Å². The Kier molecular flexibility index (Phi) is 5.97. The summed E-state index contributed by atoms with van der Waals surface area (Å²) >= 11 is 1.50. The topological polar surface area (TPSA) is 62.8 Å². The summed E-state index contributed by atoms with van der Waals surface area (Å²) in [6.45, 7) is 3.65. The summed E-state index contributed by atoms with van der Waals surface area (Å²) in [6, 6.07) is 1.54. The van der Waals surface area contributed by atoms with Crippen LogP contribution in [0.4, 0.5) is 0 Å². The Hall–Kier alpha value is -1.10. The van der Waals surface area contributed by atoms with E-state index in [0.717, 1.165) is 30.7 Å². The van der Waals surface area contributed by atoms with Crippen LogP contribution in [0, 0.1) is 0 Å². The van der Waals surface area contributed by atoms with Crippen molar-refractivity contribution in [1.82, 2.24) is 9.97 Å². The van der Waals surface area contributed by atoms with Gasteiger partial charge in [0, 0.05) is 23.9 Å². The zero-order valence-corrected chi connectivity index (χ0v) is 11.1. The Morgan fingerprint density at radius 1 is 1.53 bits per heavy atom. The highest BCUT2D eigenvalue weighted by atomic mass is 32.2. The maximum atomic E-state index is 11.4. The molecule has 1 rings (SSSR count). The number of carbonyl (C=O) groups is 1. The molecule has 0 bridgehead atoms. The number of carbonyl (C=O) groups excluding carboxylic acids is 1. The highest BCUT2D eigenvalue weighted by molar-refractivity contribution is 7.99. The van der Waals surface area contributed by atoms with Gasteiger partial charge in [0.1, 0.15) is 5.78 Å². The standard InChI is InChI=1S/C12H18N2O2S/c1-3-5-10-8-11(16)14-12(13-10)17-7-4-6-9(2)15/h8H,3-7H2,1-2H3,(H,13,14,16). The Morgan fingerprint density at radius 3 is 2.94 bits per heavy atom. The van der Waals surface area contributed by atoms with Gasteiger partial charge in [-0.05, 0) is 19.8 Å². The molecule has 0 saturated heterocycles. The molecule has 0 aliphatic rings. The van der Waals surface area contributed by atoms with Crippen molar-refractivity contribution in [3.05, 3.63) is 22.1 Å². The average Bonchev–Trinajstić information content (AvgIpc) is 2.24. The van der Waals surface area contributed by atoms with Crippen molar-refractivity contribution in [1.29, 1.82) is 0 Å². The molecular weight excluding hydrogens is 236 g/mol. The van der Waals surface area contributed by atoms with E-state index in [4.69, 9.17) is 0 Å². The first-order chi connectivity index (χ1) is 8.11. The molecule has 0 unspecified atom stereocenters. The Labute approximate surface area is 105 Å². The molecule has 1 N–H and O–H groups in total. The molecule has 17 heavy (non-hydrogen) atoms. The molecule has 94 valence electrons. The van der Waals surface area contributed by atoms with Gasteiger partial charge in [-0.25, -0.2) is 4.98 Å². The van der Waals surface area contributed by atoms with Gasteiger partial charge in [-0.15, -0.1) is 0 Å². The smallest absolute Gasteiger partial charge is 0.251 e. The second kappa shape index (κ2) is 7.27. The number of aryl methyl sites for hydroxylation is 1. The average molecular weight is 254 g/mol. The number of aromatic nitrogens is 2. The van der Waals surface area contributed by atoms with Crippen LogP contribution in [0.5, 0.6) is 0 Å². The lowest BCUT2D eigenvalue weighted by Crippen LogP contribution is -2.10. The van der Waals surface area contributed by atoms with E-state index < -0.39 is 0 Å². The number of hydrogen-bond acceptors (Lipinski definition) is 4. The molecule has 1 aromatic rings. The summed E-state index contributed by atoms with van der Waals surface area (Å²) in [4.78, 5) is 29.2. The number of aromatic amines is 1. The first kappa shape index (κ1) is 14.0. The first-order valence-electron chi connectivity index (χ1n) is 5.84. The molecule has 0 spiro atoms. The molecule has 5 heteroatoms. The summed E-state index contributed by atoms with van der Waals surface area (Å²) < 4.78 is 0. The largest absolute Gasteiger partial charge is 0.301 e. The van der Waals surface area contributed by atoms with E-state index in [-0.39, 0.29) is 11.3 Å². The SMILES string of the molecule is CCCc1cc(=O)[nH]c(SCCCC(C)=O)n1. The monoisotopic (exact) mass is 254 g/mol. The zero-order chi connectivity index (χ0) is 12.7. The first-order valence-corrected chi connectivity index (χ1v) is 6.83. The lowest BCUT2D eigenvalue weighted by molar-refractivity contribution is -0.117. The molecule has 0 aliphatic carbocycles. The van der Waals surface area contributed by atoms with Crippen molar-refractivity contribution in [2.45, 2.75) is 44.7 Å². The molecule has 0 atom stereocenters. The van der Waals surface area contributed by atoms with Crippen LogP contribution in [0.1, 0.15) is 38.8 Å². The van der Waals surface area contributed by atoms with Gasteiger partial charge in [-0.3, -0.25) is 4.79 Å². The third-order valence-electron chi connectivity index (χ3n) is 2.19. The van der Waals surface area contributed by atoms with Crippen molar-refractivity contribution >= 4 is 17.5 Å². The summed E-state index contributed by atoms with van der Waals surface area (Å²) in [7, 11) is 0. The van der Waals surface area contributed by atoms with Gasteiger partial charge in [0.25, 0.3) is 5.56 Å². The van der Waals surface area contributed by atoms with E-state index in [1.807, 2.05) is 0 Å². The van der Waals surface area contributed by atoms with Crippen molar-refractivity contribution in [3.8, 4) is 0 Å². The molecule has 0 aromatic carbocycles. The van der Waals surface area contributed by atoms with Crippen LogP contribution in [0.2, 0.25) is 0 Å². The molecule has 1 aromatic heterocycles. The number of hydrogen-bond donors (Lipinski definition) is 1. The summed E-state index contributed by atoms with van der Waals surface area (Å²) in [5.74, 6) is 1.00. The minimum Gasteiger partial charge on any atom is -0.301 e. The highest BCUT2D eigenvalue weighted by Gasteiger charge is 2.02. The van der Waals surface area contributed by atoms with Gasteiger partial charge in [-0.2, -0.15) is 0 Å². The van der Waals surface area contributed by atoms with Crippen molar-refractivity contribution in [3.63, 3.8) is 0 Å². The van der Waals surface area contributed by atoms with Crippen molar-refractivity contribution < 1.29 is 4.79 Å². The van der Waals surface area contributed by atoms with E-state index in [0.29, 0.717) is 11.6 Å². The lowest BCUT2D eigenvalue weighted by Gasteiger charge is -2.02. The maximum Gasteiger partial charge on any atom is 0.251 e. The van der Waals surface area contributed by atoms with Crippen molar-refractivity contribution in [2.75, 3.05) is 5.75 Å². The van der Waals surface area contributed by atoms with E-state index in [2.05, 4.69) is 16.9 Å². The highest BCUT2D eigenvalue weighted by Crippen LogP contribution is 2.13. The Bertz CT molecular complexity index is 429. The number of H-pyrrole nitrogens is 1. The van der Waals surface area contributed by atoms with Gasteiger partial charge < -0.3 is 9.78 Å². The number of thioether (sulfide) groups is 1. The second-order valence-electron chi connectivity index (χ2n) is 3.95. The molecule has 0 aliphatic heterocycles. The van der Waals surface area contributed by atoms with Gasteiger partial charge in [0.05, 0.1) is 0 Å². The lowest BCUT2D eigenvalue weighted by atomic mass is 10.2. The van der Waals surface area contributed by atoms with Gasteiger partial charge >= 0.3 is 0 Å². The summed E-state index contributed by atoms with van der Waals surface area (Å²) in [6.07, 6.45) is 3.21. The summed E-state index contributed by atoms with van der Waals surface area (Å²) in [5.41, 5.74) is 0.739. The molecule has 0 fully saturated rings. The normalized spacial score (nSPS) is 10.5. The van der Waals surface area contributed by atoms with Crippen LogP contribution in [0.3, 0.4) is 0 Å². The molecule has 1 heterocycles. The number of Topliss-reactive ketones (excluding diaryl/α,β-unsaturated/α-hetero) is 1. The predicted octanol–water partition coefficient (Wildman–Crippen LogP) is 2.18. The molecule has 0 amide bonds. The number of nitrogens with one attached hydrogen (secondary N) is 1. The van der Waals surface area contributed by atoms with E-state index >= 15 is 0 Å². The maximum absolute atomic E-state index is 11.4. The van der Waals surface area contributed by atoms with Crippen LogP contribution in [-0.2, 0) is 11.2 Å². The number of nitrogens with zero attached hydrogens (tertiary/aromatic N) is 1. The Balaban J connectivity index is 2.52.